The number of sulfonamides is 1. The predicted octanol–water partition coefficient (Wildman–Crippen LogP) is 4.25. The summed E-state index contributed by atoms with van der Waals surface area (Å²) in [6.45, 7) is 2.01. The Kier molecular flexibility index (Phi) is 6.66. The quantitative estimate of drug-likeness (QED) is 0.517. The van der Waals surface area contributed by atoms with Crippen molar-refractivity contribution < 1.29 is 18.1 Å². The Morgan fingerprint density at radius 3 is 2.47 bits per heavy atom. The molecule has 0 atom stereocenters. The SMILES string of the molecule is Cc1c(Cl)cccc1NC(=O)C1CCN(S(=O)(=O)c2cc([N+](=O)[O-])ccc2Cl)CC1. The van der Waals surface area contributed by atoms with E-state index in [0.29, 0.717) is 23.6 Å². The van der Waals surface area contributed by atoms with Gasteiger partial charge in [-0.15, -0.1) is 0 Å². The second kappa shape index (κ2) is 8.89. The molecule has 0 aromatic heterocycles. The van der Waals surface area contributed by atoms with Gasteiger partial charge in [0, 0.05) is 41.9 Å². The van der Waals surface area contributed by atoms with Crippen LogP contribution in [-0.4, -0.2) is 36.6 Å². The highest BCUT2D eigenvalue weighted by Crippen LogP contribution is 2.31. The van der Waals surface area contributed by atoms with Crippen molar-refractivity contribution in [1.29, 1.82) is 0 Å². The van der Waals surface area contributed by atoms with Gasteiger partial charge in [0.05, 0.1) is 9.95 Å². The van der Waals surface area contributed by atoms with Gasteiger partial charge < -0.3 is 5.32 Å². The molecular formula is C19H19Cl2N3O5S. The van der Waals surface area contributed by atoms with Gasteiger partial charge in [0.2, 0.25) is 15.9 Å². The lowest BCUT2D eigenvalue weighted by molar-refractivity contribution is -0.385. The molecule has 160 valence electrons. The molecule has 0 radical (unpaired) electrons. The second-order valence-corrected chi connectivity index (χ2v) is 9.67. The molecule has 30 heavy (non-hydrogen) atoms. The number of amides is 1. The van der Waals surface area contributed by atoms with Crippen LogP contribution in [0.3, 0.4) is 0 Å². The number of halogens is 2. The van der Waals surface area contributed by atoms with E-state index in [-0.39, 0.29) is 40.5 Å². The first-order valence-electron chi connectivity index (χ1n) is 9.11. The Labute approximate surface area is 184 Å². The molecule has 11 heteroatoms. The number of rotatable bonds is 5. The van der Waals surface area contributed by atoms with Gasteiger partial charge in [-0.05, 0) is 43.5 Å². The van der Waals surface area contributed by atoms with E-state index in [2.05, 4.69) is 5.32 Å². The average molecular weight is 472 g/mol. The van der Waals surface area contributed by atoms with Crippen LogP contribution in [0.5, 0.6) is 0 Å². The van der Waals surface area contributed by atoms with Crippen molar-refractivity contribution in [1.82, 2.24) is 4.31 Å². The number of non-ortho nitro benzene ring substituents is 1. The summed E-state index contributed by atoms with van der Waals surface area (Å²) in [6, 6.07) is 8.52. The molecule has 8 nitrogen and oxygen atoms in total. The fraction of sp³-hybridized carbons (Fsp3) is 0.316. The lowest BCUT2D eigenvalue weighted by Gasteiger charge is -2.30. The van der Waals surface area contributed by atoms with Crippen molar-refractivity contribution in [3.05, 3.63) is 62.1 Å². The summed E-state index contributed by atoms with van der Waals surface area (Å²) in [5.74, 6) is -0.568. The average Bonchev–Trinajstić information content (AvgIpc) is 2.71. The Hall–Kier alpha value is -2.20. The largest absolute Gasteiger partial charge is 0.326 e. The fourth-order valence-electron chi connectivity index (χ4n) is 3.28. The van der Waals surface area contributed by atoms with Gasteiger partial charge in [0.15, 0.2) is 0 Å². The van der Waals surface area contributed by atoms with Crippen LogP contribution in [0.25, 0.3) is 0 Å². The molecule has 3 rings (SSSR count). The first-order valence-corrected chi connectivity index (χ1v) is 11.3. The number of hydrogen-bond acceptors (Lipinski definition) is 5. The minimum atomic E-state index is -4.02. The zero-order valence-electron chi connectivity index (χ0n) is 16.0. The third kappa shape index (κ3) is 4.59. The van der Waals surface area contributed by atoms with E-state index in [1.165, 1.54) is 10.4 Å². The number of anilines is 1. The van der Waals surface area contributed by atoms with Crippen LogP contribution in [0, 0.1) is 23.0 Å². The number of piperidine rings is 1. The van der Waals surface area contributed by atoms with Crippen molar-refractivity contribution in [2.45, 2.75) is 24.7 Å². The number of carbonyl (C=O) groups is 1. The Balaban J connectivity index is 1.70. The molecule has 1 heterocycles. The minimum absolute atomic E-state index is 0.0862. The summed E-state index contributed by atoms with van der Waals surface area (Å²) in [4.78, 5) is 22.6. The van der Waals surface area contributed by atoms with Gasteiger partial charge in [-0.25, -0.2) is 8.42 Å². The van der Waals surface area contributed by atoms with E-state index >= 15 is 0 Å². The minimum Gasteiger partial charge on any atom is -0.326 e. The van der Waals surface area contributed by atoms with Crippen molar-refractivity contribution in [2.24, 2.45) is 5.92 Å². The second-order valence-electron chi connectivity index (χ2n) is 6.95. The molecule has 0 bridgehead atoms. The number of nitrogens with one attached hydrogen (secondary N) is 1. The molecule has 2 aromatic carbocycles. The van der Waals surface area contributed by atoms with Gasteiger partial charge in [-0.2, -0.15) is 4.31 Å². The van der Waals surface area contributed by atoms with Crippen LogP contribution in [0.2, 0.25) is 10.0 Å². The summed E-state index contributed by atoms with van der Waals surface area (Å²) in [5, 5.41) is 14.3. The predicted molar refractivity (Wildman–Crippen MR) is 114 cm³/mol. The number of benzene rings is 2. The third-order valence-corrected chi connectivity index (χ3v) is 7.88. The maximum absolute atomic E-state index is 12.9. The Bertz CT molecular complexity index is 1100. The molecule has 2 aromatic rings. The normalized spacial score (nSPS) is 15.7. The molecule has 1 fully saturated rings. The van der Waals surface area contributed by atoms with Crippen LogP contribution in [-0.2, 0) is 14.8 Å². The highest BCUT2D eigenvalue weighted by Gasteiger charge is 2.34. The van der Waals surface area contributed by atoms with Crippen LogP contribution in [0.1, 0.15) is 18.4 Å². The third-order valence-electron chi connectivity index (χ3n) is 5.09. The van der Waals surface area contributed by atoms with E-state index < -0.39 is 14.9 Å². The molecule has 0 saturated carbocycles. The highest BCUT2D eigenvalue weighted by molar-refractivity contribution is 7.89. The van der Waals surface area contributed by atoms with Crippen molar-refractivity contribution in [2.75, 3.05) is 18.4 Å². The molecule has 1 N–H and O–H groups in total. The maximum atomic E-state index is 12.9. The lowest BCUT2D eigenvalue weighted by Crippen LogP contribution is -2.41. The molecule has 1 amide bonds. The topological polar surface area (TPSA) is 110 Å². The summed E-state index contributed by atoms with van der Waals surface area (Å²) in [5.41, 5.74) is 1.02. The molecular weight excluding hydrogens is 453 g/mol. The summed E-state index contributed by atoms with van der Waals surface area (Å²) < 4.78 is 27.1. The van der Waals surface area contributed by atoms with Gasteiger partial charge in [0.1, 0.15) is 4.90 Å². The number of carbonyl (C=O) groups excluding carboxylic acids is 1. The van der Waals surface area contributed by atoms with Crippen LogP contribution in [0.4, 0.5) is 11.4 Å². The zero-order valence-corrected chi connectivity index (χ0v) is 18.3. The number of nitro benzene ring substituents is 1. The van der Waals surface area contributed by atoms with Gasteiger partial charge >= 0.3 is 0 Å². The summed E-state index contributed by atoms with van der Waals surface area (Å²) in [7, 11) is -4.02. The molecule has 0 unspecified atom stereocenters. The fourth-order valence-corrected chi connectivity index (χ4v) is 5.42. The van der Waals surface area contributed by atoms with Crippen molar-refractivity contribution in [3.63, 3.8) is 0 Å². The first-order chi connectivity index (χ1) is 14.1. The highest BCUT2D eigenvalue weighted by atomic mass is 35.5. The summed E-state index contributed by atoms with van der Waals surface area (Å²) >= 11 is 12.1. The lowest BCUT2D eigenvalue weighted by atomic mass is 9.97. The van der Waals surface area contributed by atoms with Gasteiger partial charge in [0.25, 0.3) is 5.69 Å². The zero-order chi connectivity index (χ0) is 22.1. The standard InChI is InChI=1S/C19H19Cl2N3O5S/c1-12-15(20)3-2-4-17(12)22-19(25)13-7-9-23(10-8-13)30(28,29)18-11-14(24(26)27)5-6-16(18)21/h2-6,11,13H,7-10H2,1H3,(H,22,25). The Morgan fingerprint density at radius 2 is 1.83 bits per heavy atom. The van der Waals surface area contributed by atoms with Gasteiger partial charge in [-0.1, -0.05) is 29.3 Å². The van der Waals surface area contributed by atoms with Crippen LogP contribution >= 0.6 is 23.2 Å². The molecule has 0 spiro atoms. The summed E-state index contributed by atoms with van der Waals surface area (Å²) in [6.07, 6.45) is 0.633. The Morgan fingerprint density at radius 1 is 1.17 bits per heavy atom. The number of nitrogens with zero attached hydrogens (tertiary/aromatic N) is 2. The van der Waals surface area contributed by atoms with E-state index in [1.807, 2.05) is 0 Å². The van der Waals surface area contributed by atoms with E-state index in [4.69, 9.17) is 23.2 Å². The van der Waals surface area contributed by atoms with E-state index in [0.717, 1.165) is 17.7 Å². The van der Waals surface area contributed by atoms with E-state index in [9.17, 15) is 23.3 Å². The van der Waals surface area contributed by atoms with Crippen molar-refractivity contribution in [3.8, 4) is 0 Å². The van der Waals surface area contributed by atoms with Gasteiger partial charge in [-0.3, -0.25) is 14.9 Å². The molecule has 1 saturated heterocycles. The first kappa shape index (κ1) is 22.5. The number of hydrogen-bond donors (Lipinski definition) is 1. The monoisotopic (exact) mass is 471 g/mol. The molecule has 1 aliphatic heterocycles. The maximum Gasteiger partial charge on any atom is 0.270 e. The van der Waals surface area contributed by atoms with Crippen LogP contribution < -0.4 is 5.32 Å². The van der Waals surface area contributed by atoms with Crippen LogP contribution in [0.15, 0.2) is 41.3 Å². The van der Waals surface area contributed by atoms with E-state index in [1.54, 1.807) is 25.1 Å². The molecule has 1 aliphatic rings. The molecule has 0 aliphatic carbocycles. The smallest absolute Gasteiger partial charge is 0.270 e. The van der Waals surface area contributed by atoms with Crippen molar-refractivity contribution >= 4 is 50.5 Å². The number of nitro groups is 1.